The van der Waals surface area contributed by atoms with E-state index in [0.717, 1.165) is 22.4 Å². The summed E-state index contributed by atoms with van der Waals surface area (Å²) in [5.74, 6) is -0.702. The lowest BCUT2D eigenvalue weighted by atomic mass is 10.1. The van der Waals surface area contributed by atoms with E-state index in [2.05, 4.69) is 10.7 Å². The third-order valence-corrected chi connectivity index (χ3v) is 5.60. The van der Waals surface area contributed by atoms with E-state index in [9.17, 15) is 14.4 Å². The predicted octanol–water partition coefficient (Wildman–Crippen LogP) is 4.74. The second-order valence-electron chi connectivity index (χ2n) is 7.06. The average molecular weight is 404 g/mol. The summed E-state index contributed by atoms with van der Waals surface area (Å²) in [7, 11) is 0. The van der Waals surface area contributed by atoms with E-state index in [1.165, 1.54) is 4.90 Å². The van der Waals surface area contributed by atoms with Crippen LogP contribution in [-0.2, 0) is 4.79 Å². The smallest absolute Gasteiger partial charge is 0.261 e. The van der Waals surface area contributed by atoms with Gasteiger partial charge in [0.2, 0.25) is 5.91 Å². The van der Waals surface area contributed by atoms with Crippen LogP contribution in [-0.4, -0.2) is 29.2 Å². The Morgan fingerprint density at radius 1 is 1.00 bits per heavy atom. The van der Waals surface area contributed by atoms with Crippen molar-refractivity contribution in [3.05, 3.63) is 76.0 Å². The van der Waals surface area contributed by atoms with Gasteiger partial charge in [0.15, 0.2) is 0 Å². The molecule has 0 spiro atoms. The van der Waals surface area contributed by atoms with Gasteiger partial charge < -0.3 is 5.32 Å². The summed E-state index contributed by atoms with van der Waals surface area (Å²) in [4.78, 5) is 38.5. The van der Waals surface area contributed by atoms with Crippen molar-refractivity contribution in [3.8, 4) is 11.1 Å². The Balaban J connectivity index is 1.33. The SMILES string of the molecule is Cc1ccc2c(c1)C(=O)N(CCCC(=O)Nc1cccc(-c3ccsc3)c1)C2=O. The molecule has 1 aliphatic rings. The van der Waals surface area contributed by atoms with E-state index in [1.807, 2.05) is 48.7 Å². The molecule has 4 rings (SSSR count). The topological polar surface area (TPSA) is 66.5 Å². The monoisotopic (exact) mass is 404 g/mol. The molecule has 29 heavy (non-hydrogen) atoms. The van der Waals surface area contributed by atoms with E-state index in [1.54, 1.807) is 23.5 Å². The number of amides is 3. The Labute approximate surface area is 173 Å². The van der Waals surface area contributed by atoms with Gasteiger partial charge in [-0.15, -0.1) is 0 Å². The van der Waals surface area contributed by atoms with Gasteiger partial charge in [-0.2, -0.15) is 11.3 Å². The molecule has 0 saturated heterocycles. The lowest BCUT2D eigenvalue weighted by Crippen LogP contribution is -2.31. The third kappa shape index (κ3) is 3.98. The lowest BCUT2D eigenvalue weighted by molar-refractivity contribution is -0.116. The van der Waals surface area contributed by atoms with Gasteiger partial charge in [0, 0.05) is 18.7 Å². The maximum Gasteiger partial charge on any atom is 0.261 e. The highest BCUT2D eigenvalue weighted by molar-refractivity contribution is 7.08. The number of nitrogens with one attached hydrogen (secondary N) is 1. The van der Waals surface area contributed by atoms with Crippen molar-refractivity contribution in [3.63, 3.8) is 0 Å². The van der Waals surface area contributed by atoms with E-state index >= 15 is 0 Å². The fourth-order valence-corrected chi connectivity index (χ4v) is 4.10. The molecule has 146 valence electrons. The molecular weight excluding hydrogens is 384 g/mol. The molecule has 2 heterocycles. The van der Waals surface area contributed by atoms with Gasteiger partial charge in [-0.3, -0.25) is 19.3 Å². The minimum absolute atomic E-state index is 0.139. The van der Waals surface area contributed by atoms with Crippen LogP contribution in [0.15, 0.2) is 59.3 Å². The second-order valence-corrected chi connectivity index (χ2v) is 7.84. The Morgan fingerprint density at radius 2 is 1.83 bits per heavy atom. The fraction of sp³-hybridized carbons (Fsp3) is 0.174. The number of benzene rings is 2. The number of anilines is 1. The summed E-state index contributed by atoms with van der Waals surface area (Å²) in [5, 5.41) is 6.97. The number of hydrogen-bond donors (Lipinski definition) is 1. The largest absolute Gasteiger partial charge is 0.326 e. The van der Waals surface area contributed by atoms with Crippen LogP contribution in [0.5, 0.6) is 0 Å². The third-order valence-electron chi connectivity index (χ3n) is 4.91. The number of carbonyl (C=O) groups is 3. The summed E-state index contributed by atoms with van der Waals surface area (Å²) in [6.45, 7) is 2.12. The summed E-state index contributed by atoms with van der Waals surface area (Å²) < 4.78 is 0. The van der Waals surface area contributed by atoms with Crippen molar-refractivity contribution in [1.82, 2.24) is 4.90 Å². The fourth-order valence-electron chi connectivity index (χ4n) is 3.43. The highest BCUT2D eigenvalue weighted by atomic mass is 32.1. The number of carbonyl (C=O) groups excluding carboxylic acids is 3. The molecule has 6 heteroatoms. The first-order valence-corrected chi connectivity index (χ1v) is 10.4. The van der Waals surface area contributed by atoms with Gasteiger partial charge in [-0.05, 0) is 65.6 Å². The maximum atomic E-state index is 12.5. The Morgan fingerprint density at radius 3 is 2.62 bits per heavy atom. The molecule has 0 fully saturated rings. The van der Waals surface area contributed by atoms with E-state index in [0.29, 0.717) is 17.5 Å². The molecule has 1 aliphatic heterocycles. The first-order chi connectivity index (χ1) is 14.0. The predicted molar refractivity (Wildman–Crippen MR) is 114 cm³/mol. The zero-order valence-electron chi connectivity index (χ0n) is 16.0. The molecule has 0 saturated carbocycles. The highest BCUT2D eigenvalue weighted by Crippen LogP contribution is 2.26. The first kappa shape index (κ1) is 19.1. The van der Waals surface area contributed by atoms with E-state index < -0.39 is 0 Å². The molecule has 0 atom stereocenters. The van der Waals surface area contributed by atoms with Gasteiger partial charge in [0.05, 0.1) is 11.1 Å². The number of fused-ring (bicyclic) bond motifs is 1. The molecular formula is C23H20N2O3S. The minimum atomic E-state index is -0.283. The highest BCUT2D eigenvalue weighted by Gasteiger charge is 2.34. The van der Waals surface area contributed by atoms with Crippen LogP contribution in [0.25, 0.3) is 11.1 Å². The van der Waals surface area contributed by atoms with Crippen molar-refractivity contribution in [1.29, 1.82) is 0 Å². The number of aryl methyl sites for hydroxylation is 1. The van der Waals surface area contributed by atoms with Crippen LogP contribution in [0.1, 0.15) is 39.1 Å². The molecule has 1 N–H and O–H groups in total. The molecule has 3 amide bonds. The van der Waals surface area contributed by atoms with Gasteiger partial charge in [0.1, 0.15) is 0 Å². The Kier molecular flexibility index (Phi) is 5.27. The minimum Gasteiger partial charge on any atom is -0.326 e. The molecule has 5 nitrogen and oxygen atoms in total. The molecule has 0 unspecified atom stereocenters. The van der Waals surface area contributed by atoms with Crippen molar-refractivity contribution in [2.24, 2.45) is 0 Å². The van der Waals surface area contributed by atoms with E-state index in [-0.39, 0.29) is 30.7 Å². The van der Waals surface area contributed by atoms with Gasteiger partial charge >= 0.3 is 0 Å². The molecule has 3 aromatic rings. The first-order valence-electron chi connectivity index (χ1n) is 9.42. The Hall–Kier alpha value is -3.25. The average Bonchev–Trinajstić information content (AvgIpc) is 3.32. The number of rotatable bonds is 6. The van der Waals surface area contributed by atoms with Crippen LogP contribution in [0.2, 0.25) is 0 Å². The Bertz CT molecular complexity index is 1090. The van der Waals surface area contributed by atoms with Crippen molar-refractivity contribution in [2.75, 3.05) is 11.9 Å². The lowest BCUT2D eigenvalue weighted by Gasteiger charge is -2.13. The molecule has 0 radical (unpaired) electrons. The van der Waals surface area contributed by atoms with Crippen LogP contribution >= 0.6 is 11.3 Å². The standard InChI is InChI=1S/C23H20N2O3S/c1-15-7-8-19-20(12-15)23(28)25(22(19)27)10-3-6-21(26)24-18-5-2-4-16(13-18)17-9-11-29-14-17/h2,4-5,7-9,11-14H,3,6,10H2,1H3,(H,24,26). The van der Waals surface area contributed by atoms with Crippen LogP contribution < -0.4 is 5.32 Å². The van der Waals surface area contributed by atoms with Crippen LogP contribution in [0.3, 0.4) is 0 Å². The van der Waals surface area contributed by atoms with Crippen LogP contribution in [0, 0.1) is 6.92 Å². The molecule has 2 aromatic carbocycles. The number of thiophene rings is 1. The van der Waals surface area contributed by atoms with Crippen molar-refractivity contribution in [2.45, 2.75) is 19.8 Å². The molecule has 0 aliphatic carbocycles. The quantitative estimate of drug-likeness (QED) is 0.604. The van der Waals surface area contributed by atoms with Gasteiger partial charge in [-0.25, -0.2) is 0 Å². The number of nitrogens with zero attached hydrogens (tertiary/aromatic N) is 1. The zero-order chi connectivity index (χ0) is 20.4. The summed E-state index contributed by atoms with van der Waals surface area (Å²) in [5.41, 5.74) is 4.73. The second kappa shape index (κ2) is 8.01. The van der Waals surface area contributed by atoms with Crippen molar-refractivity contribution >= 4 is 34.7 Å². The van der Waals surface area contributed by atoms with E-state index in [4.69, 9.17) is 0 Å². The summed E-state index contributed by atoms with van der Waals surface area (Å²) in [6, 6.07) is 15.0. The maximum absolute atomic E-state index is 12.5. The summed E-state index contributed by atoms with van der Waals surface area (Å²) in [6.07, 6.45) is 0.648. The van der Waals surface area contributed by atoms with Gasteiger partial charge in [-0.1, -0.05) is 23.8 Å². The summed E-state index contributed by atoms with van der Waals surface area (Å²) >= 11 is 1.63. The normalized spacial score (nSPS) is 12.9. The van der Waals surface area contributed by atoms with Gasteiger partial charge in [0.25, 0.3) is 11.8 Å². The van der Waals surface area contributed by atoms with Crippen molar-refractivity contribution < 1.29 is 14.4 Å². The molecule has 0 bridgehead atoms. The number of imide groups is 1. The number of hydrogen-bond acceptors (Lipinski definition) is 4. The molecule has 1 aromatic heterocycles. The zero-order valence-corrected chi connectivity index (χ0v) is 16.8. The van der Waals surface area contributed by atoms with Crippen LogP contribution in [0.4, 0.5) is 5.69 Å².